The largest absolute Gasteiger partial charge is 0.369 e. The van der Waals surface area contributed by atoms with Gasteiger partial charge < -0.3 is 10.2 Å². The van der Waals surface area contributed by atoms with Crippen molar-refractivity contribution >= 4 is 11.6 Å². The molecule has 0 saturated carbocycles. The zero-order valence-corrected chi connectivity index (χ0v) is 15.2. The van der Waals surface area contributed by atoms with E-state index in [4.69, 9.17) is 0 Å². The molecule has 1 heterocycles. The Bertz CT molecular complexity index is 707. The van der Waals surface area contributed by atoms with Crippen LogP contribution in [0.1, 0.15) is 18.1 Å². The van der Waals surface area contributed by atoms with Crippen molar-refractivity contribution in [3.8, 4) is 0 Å². The van der Waals surface area contributed by atoms with Crippen LogP contribution in [0.2, 0.25) is 0 Å². The lowest BCUT2D eigenvalue weighted by Crippen LogP contribution is -2.45. The Labute approximate surface area is 154 Å². The van der Waals surface area contributed by atoms with Crippen molar-refractivity contribution in [3.05, 3.63) is 65.5 Å². The molecule has 0 atom stereocenters. The monoisotopic (exact) mass is 355 g/mol. The Morgan fingerprint density at radius 3 is 2.19 bits per heavy atom. The molecule has 1 N–H and O–H groups in total. The molecule has 2 aromatic carbocycles. The van der Waals surface area contributed by atoms with Crippen molar-refractivity contribution in [1.82, 2.24) is 10.2 Å². The van der Waals surface area contributed by atoms with Crippen LogP contribution in [0.25, 0.3) is 0 Å². The standard InChI is InChI=1S/C21H26FN3O/c1-17(26)23-11-10-18-2-4-19(5-3-18)16-24-12-14-25(15-13-24)21-8-6-20(22)7-9-21/h2-9H,10-16H2,1H3,(H,23,26). The van der Waals surface area contributed by atoms with Gasteiger partial charge in [0.05, 0.1) is 0 Å². The minimum atomic E-state index is -0.187. The normalized spacial score (nSPS) is 15.1. The molecule has 0 aromatic heterocycles. The molecule has 26 heavy (non-hydrogen) atoms. The van der Waals surface area contributed by atoms with Gasteiger partial charge in [-0.15, -0.1) is 0 Å². The Morgan fingerprint density at radius 2 is 1.58 bits per heavy atom. The van der Waals surface area contributed by atoms with Crippen LogP contribution in [0.5, 0.6) is 0 Å². The molecule has 0 spiro atoms. The third-order valence-corrected chi connectivity index (χ3v) is 4.78. The average Bonchev–Trinajstić information content (AvgIpc) is 2.64. The van der Waals surface area contributed by atoms with Crippen molar-refractivity contribution in [2.45, 2.75) is 19.9 Å². The van der Waals surface area contributed by atoms with E-state index in [-0.39, 0.29) is 11.7 Å². The molecule has 1 amide bonds. The first-order valence-electron chi connectivity index (χ1n) is 9.15. The third kappa shape index (κ3) is 5.30. The summed E-state index contributed by atoms with van der Waals surface area (Å²) in [6.07, 6.45) is 0.857. The number of amides is 1. The second kappa shape index (κ2) is 8.81. The highest BCUT2D eigenvalue weighted by Crippen LogP contribution is 2.18. The van der Waals surface area contributed by atoms with Gasteiger partial charge in [-0.1, -0.05) is 24.3 Å². The number of anilines is 1. The fourth-order valence-corrected chi connectivity index (χ4v) is 3.27. The first-order chi connectivity index (χ1) is 12.6. The number of piperazine rings is 1. The lowest BCUT2D eigenvalue weighted by atomic mass is 10.1. The smallest absolute Gasteiger partial charge is 0.216 e. The molecule has 1 aliphatic heterocycles. The summed E-state index contributed by atoms with van der Waals surface area (Å²) in [5.41, 5.74) is 3.64. The summed E-state index contributed by atoms with van der Waals surface area (Å²) >= 11 is 0. The van der Waals surface area contributed by atoms with Gasteiger partial charge in [-0.2, -0.15) is 0 Å². The van der Waals surface area contributed by atoms with Gasteiger partial charge in [0.1, 0.15) is 5.82 Å². The molecule has 0 bridgehead atoms. The van der Waals surface area contributed by atoms with Crippen LogP contribution in [0.3, 0.4) is 0 Å². The molecule has 1 saturated heterocycles. The Kier molecular flexibility index (Phi) is 6.23. The Hall–Kier alpha value is -2.40. The van der Waals surface area contributed by atoms with Crippen LogP contribution >= 0.6 is 0 Å². The maximum atomic E-state index is 13.0. The van der Waals surface area contributed by atoms with Crippen molar-refractivity contribution in [2.24, 2.45) is 0 Å². The predicted octanol–water partition coefficient (Wildman–Crippen LogP) is 2.83. The second-order valence-electron chi connectivity index (χ2n) is 6.79. The van der Waals surface area contributed by atoms with Crippen molar-refractivity contribution < 1.29 is 9.18 Å². The van der Waals surface area contributed by atoms with Crippen LogP contribution in [-0.2, 0) is 17.8 Å². The van der Waals surface area contributed by atoms with Gasteiger partial charge in [0.25, 0.3) is 0 Å². The van der Waals surface area contributed by atoms with E-state index in [1.54, 1.807) is 6.92 Å². The summed E-state index contributed by atoms with van der Waals surface area (Å²) in [7, 11) is 0. The van der Waals surface area contributed by atoms with E-state index in [1.807, 2.05) is 12.1 Å². The van der Waals surface area contributed by atoms with Crippen molar-refractivity contribution in [1.29, 1.82) is 0 Å². The van der Waals surface area contributed by atoms with Gasteiger partial charge >= 0.3 is 0 Å². The van der Waals surface area contributed by atoms with E-state index in [9.17, 15) is 9.18 Å². The van der Waals surface area contributed by atoms with Crippen LogP contribution in [0, 0.1) is 5.82 Å². The molecule has 5 heteroatoms. The van der Waals surface area contributed by atoms with Gasteiger partial charge in [-0.05, 0) is 41.8 Å². The molecule has 2 aromatic rings. The molecule has 1 fully saturated rings. The van der Waals surface area contributed by atoms with Gasteiger partial charge in [-0.3, -0.25) is 9.69 Å². The van der Waals surface area contributed by atoms with Gasteiger partial charge in [-0.25, -0.2) is 4.39 Å². The first kappa shape index (κ1) is 18.4. The zero-order valence-electron chi connectivity index (χ0n) is 15.2. The number of rotatable bonds is 6. The molecule has 0 unspecified atom stereocenters. The molecule has 4 nitrogen and oxygen atoms in total. The van der Waals surface area contributed by atoms with E-state index >= 15 is 0 Å². The lowest BCUT2D eigenvalue weighted by molar-refractivity contribution is -0.118. The van der Waals surface area contributed by atoms with E-state index in [0.29, 0.717) is 6.54 Å². The molecule has 0 aliphatic carbocycles. The van der Waals surface area contributed by atoms with Crippen molar-refractivity contribution in [3.63, 3.8) is 0 Å². The Morgan fingerprint density at radius 1 is 0.962 bits per heavy atom. The number of carbonyl (C=O) groups is 1. The summed E-state index contributed by atoms with van der Waals surface area (Å²) in [5.74, 6) is -0.172. The lowest BCUT2D eigenvalue weighted by Gasteiger charge is -2.36. The number of nitrogens with one attached hydrogen (secondary N) is 1. The van der Waals surface area contributed by atoms with Crippen LogP contribution in [0.15, 0.2) is 48.5 Å². The molecular formula is C21H26FN3O. The number of halogens is 1. The van der Waals surface area contributed by atoms with E-state index in [1.165, 1.54) is 23.3 Å². The third-order valence-electron chi connectivity index (χ3n) is 4.78. The number of nitrogens with zero attached hydrogens (tertiary/aromatic N) is 2. The predicted molar refractivity (Wildman–Crippen MR) is 103 cm³/mol. The van der Waals surface area contributed by atoms with E-state index in [2.05, 4.69) is 39.4 Å². The van der Waals surface area contributed by atoms with Crippen LogP contribution in [-0.4, -0.2) is 43.5 Å². The fraction of sp³-hybridized carbons (Fsp3) is 0.381. The number of benzene rings is 2. The highest BCUT2D eigenvalue weighted by atomic mass is 19.1. The first-order valence-corrected chi connectivity index (χ1v) is 9.15. The van der Waals surface area contributed by atoms with Crippen molar-refractivity contribution in [2.75, 3.05) is 37.6 Å². The van der Waals surface area contributed by atoms with E-state index in [0.717, 1.165) is 44.8 Å². The minimum absolute atomic E-state index is 0.0152. The number of carbonyl (C=O) groups excluding carboxylic acids is 1. The van der Waals surface area contributed by atoms with Gasteiger partial charge in [0, 0.05) is 51.9 Å². The minimum Gasteiger partial charge on any atom is -0.369 e. The molecule has 1 aliphatic rings. The van der Waals surface area contributed by atoms with Gasteiger partial charge in [0.2, 0.25) is 5.91 Å². The second-order valence-corrected chi connectivity index (χ2v) is 6.79. The molecule has 138 valence electrons. The summed E-state index contributed by atoms with van der Waals surface area (Å²) in [6, 6.07) is 15.4. The number of hydrogen-bond acceptors (Lipinski definition) is 3. The summed E-state index contributed by atoms with van der Waals surface area (Å²) in [6.45, 7) is 7.09. The summed E-state index contributed by atoms with van der Waals surface area (Å²) in [5, 5.41) is 2.82. The highest BCUT2D eigenvalue weighted by Gasteiger charge is 2.17. The number of hydrogen-bond donors (Lipinski definition) is 1. The maximum Gasteiger partial charge on any atom is 0.216 e. The topological polar surface area (TPSA) is 35.6 Å². The SMILES string of the molecule is CC(=O)NCCc1ccc(CN2CCN(c3ccc(F)cc3)CC2)cc1. The van der Waals surface area contributed by atoms with E-state index < -0.39 is 0 Å². The zero-order chi connectivity index (χ0) is 18.4. The molecule has 0 radical (unpaired) electrons. The van der Waals surface area contributed by atoms with Gasteiger partial charge in [0.15, 0.2) is 0 Å². The maximum absolute atomic E-state index is 13.0. The van der Waals surface area contributed by atoms with Crippen LogP contribution in [0.4, 0.5) is 10.1 Å². The van der Waals surface area contributed by atoms with Crippen LogP contribution < -0.4 is 10.2 Å². The molecule has 3 rings (SSSR count). The summed E-state index contributed by atoms with van der Waals surface area (Å²) < 4.78 is 13.0. The highest BCUT2D eigenvalue weighted by molar-refractivity contribution is 5.72. The molecular weight excluding hydrogens is 329 g/mol. The quantitative estimate of drug-likeness (QED) is 0.866. The fourth-order valence-electron chi connectivity index (χ4n) is 3.27. The average molecular weight is 355 g/mol. The summed E-state index contributed by atoms with van der Waals surface area (Å²) in [4.78, 5) is 15.7. The Balaban J connectivity index is 1.45.